The molecule has 0 atom stereocenters. The zero-order chi connectivity index (χ0) is 40.4. The zero-order valence-corrected chi connectivity index (χ0v) is 20.6. The largest absolute Gasteiger partial charge is 0.460 e. The first-order valence-electron chi connectivity index (χ1n) is 10.0. The van der Waals surface area contributed by atoms with Crippen LogP contribution in [0.2, 0.25) is 0 Å². The van der Waals surface area contributed by atoms with Crippen LogP contribution in [0.3, 0.4) is 0 Å². The first kappa shape index (κ1) is 47.9. The summed E-state index contributed by atoms with van der Waals surface area (Å²) in [6.45, 7) is -6.68. The summed E-state index contributed by atoms with van der Waals surface area (Å²) in [5, 5.41) is 15.5. The summed E-state index contributed by atoms with van der Waals surface area (Å²) < 4.78 is 373. The van der Waals surface area contributed by atoms with E-state index in [9.17, 15) is 132 Å². The predicted octanol–water partition coefficient (Wildman–Crippen LogP) is 8.71. The van der Waals surface area contributed by atoms with Crippen molar-refractivity contribution < 1.29 is 142 Å². The molecule has 2 nitrogen and oxygen atoms in total. The number of aliphatic hydroxyl groups excluding tert-OH is 2. The van der Waals surface area contributed by atoms with E-state index in [1.54, 1.807) is 0 Å². The van der Waals surface area contributed by atoms with E-state index in [0.717, 1.165) is 0 Å². The van der Waals surface area contributed by atoms with Gasteiger partial charge in [0.2, 0.25) is 0 Å². The topological polar surface area (TPSA) is 40.5 Å². The number of rotatable bonds is 12. The number of aliphatic hydroxyl groups is 2. The highest BCUT2D eigenvalue weighted by atomic mass is 19.4. The van der Waals surface area contributed by atoms with E-state index in [4.69, 9.17) is 10.2 Å². The lowest BCUT2D eigenvalue weighted by Crippen LogP contribution is -2.73. The van der Waals surface area contributed by atoms with Crippen molar-refractivity contribution in [3.8, 4) is 0 Å². The molecule has 0 aromatic rings. The van der Waals surface area contributed by atoms with Crippen molar-refractivity contribution in [2.24, 2.45) is 0 Å². The Morgan fingerprint density at radius 3 is 0.458 bits per heavy atom. The fourth-order valence-corrected chi connectivity index (χ4v) is 2.20. The van der Waals surface area contributed by atoms with E-state index in [0.29, 0.717) is 0 Å². The molecule has 0 aliphatic heterocycles. The maximum Gasteiger partial charge on any atom is 0.460 e. The van der Waals surface area contributed by atoms with Crippen molar-refractivity contribution in [3.63, 3.8) is 0 Å². The Labute approximate surface area is 240 Å². The molecule has 0 bridgehead atoms. The maximum absolute atomic E-state index is 12.8. The second kappa shape index (κ2) is 12.2. The Hall–Kier alpha value is -2.18. The van der Waals surface area contributed by atoms with Crippen LogP contribution in [0.15, 0.2) is 0 Å². The quantitative estimate of drug-likeness (QED) is 0.194. The van der Waals surface area contributed by atoms with Crippen LogP contribution >= 0.6 is 0 Å². The van der Waals surface area contributed by atoms with Gasteiger partial charge in [-0.1, -0.05) is 0 Å². The number of hydrogen-bond donors (Lipinski definition) is 2. The first-order chi connectivity index (χ1) is 20.1. The molecule has 0 radical (unpaired) electrons. The van der Waals surface area contributed by atoms with Crippen LogP contribution in [0.25, 0.3) is 0 Å². The molecule has 0 aliphatic rings. The molecule has 0 amide bonds. The average Bonchev–Trinajstić information content (AvgIpc) is 2.86. The molecular formula is C16H6F30O2. The van der Waals surface area contributed by atoms with E-state index in [2.05, 4.69) is 0 Å². The second-order valence-electron chi connectivity index (χ2n) is 8.46. The summed E-state index contributed by atoms with van der Waals surface area (Å²) in [6, 6.07) is 0. The van der Waals surface area contributed by atoms with Crippen LogP contribution in [0.4, 0.5) is 132 Å². The molecule has 0 aliphatic carbocycles. The number of alkyl halides is 30. The van der Waals surface area contributed by atoms with Crippen molar-refractivity contribution >= 4 is 0 Å². The molecule has 0 unspecified atom stereocenters. The van der Waals surface area contributed by atoms with Gasteiger partial charge in [0, 0.05) is 0 Å². The molecule has 0 spiro atoms. The van der Waals surface area contributed by atoms with Gasteiger partial charge < -0.3 is 10.2 Å². The average molecular weight is 800 g/mol. The van der Waals surface area contributed by atoms with Crippen molar-refractivity contribution in [3.05, 3.63) is 0 Å². The zero-order valence-electron chi connectivity index (χ0n) is 20.6. The fraction of sp³-hybridized carbons (Fsp3) is 1.00. The van der Waals surface area contributed by atoms with Crippen molar-refractivity contribution in [2.75, 3.05) is 13.2 Å². The van der Waals surface area contributed by atoms with Crippen LogP contribution in [0, 0.1) is 0 Å². The Kier molecular flexibility index (Phi) is 12.2. The SMILES string of the molecule is OCC(F)(F)C(F)(F)C(F)(F)C(F)(F)C(F)(F)C(F)(F)C(F)(F)F.OCC(F)(F)C(F)(F)C(F)(F)C(F)(F)C(F)(F)C(F)(F)C(F)(F)F. The van der Waals surface area contributed by atoms with Gasteiger partial charge >= 0.3 is 83.4 Å². The summed E-state index contributed by atoms with van der Waals surface area (Å²) in [5.41, 5.74) is 0. The summed E-state index contributed by atoms with van der Waals surface area (Å²) in [5.74, 6) is -93.7. The molecule has 0 rings (SSSR count). The molecule has 32 heteroatoms. The third-order valence-electron chi connectivity index (χ3n) is 5.18. The molecule has 0 aromatic carbocycles. The third kappa shape index (κ3) is 6.43. The Balaban J connectivity index is 0. The lowest BCUT2D eigenvalue weighted by atomic mass is 9.91. The molecular weight excluding hydrogens is 794 g/mol. The van der Waals surface area contributed by atoms with Crippen molar-refractivity contribution in [1.29, 1.82) is 0 Å². The van der Waals surface area contributed by atoms with Crippen LogP contribution in [0.5, 0.6) is 0 Å². The van der Waals surface area contributed by atoms with Crippen molar-refractivity contribution in [2.45, 2.75) is 83.4 Å². The summed E-state index contributed by atoms with van der Waals surface area (Å²) >= 11 is 0. The van der Waals surface area contributed by atoms with E-state index in [-0.39, 0.29) is 0 Å². The van der Waals surface area contributed by atoms with Gasteiger partial charge in [-0.05, 0) is 0 Å². The first-order valence-corrected chi connectivity index (χ1v) is 10.0. The molecule has 0 aromatic heterocycles. The van der Waals surface area contributed by atoms with Crippen LogP contribution in [-0.2, 0) is 0 Å². The number of hydrogen-bond acceptors (Lipinski definition) is 2. The fourth-order valence-electron chi connectivity index (χ4n) is 2.20. The summed E-state index contributed by atoms with van der Waals surface area (Å²) in [6.07, 6.45) is -15.2. The highest BCUT2D eigenvalue weighted by Gasteiger charge is 2.94. The maximum atomic E-state index is 12.8. The molecule has 0 saturated heterocycles. The molecule has 0 fully saturated rings. The predicted molar refractivity (Wildman–Crippen MR) is 85.6 cm³/mol. The molecule has 292 valence electrons. The van der Waals surface area contributed by atoms with E-state index < -0.39 is 96.6 Å². The van der Waals surface area contributed by atoms with Crippen LogP contribution in [0.1, 0.15) is 0 Å². The van der Waals surface area contributed by atoms with E-state index in [1.807, 2.05) is 0 Å². The van der Waals surface area contributed by atoms with Gasteiger partial charge in [-0.2, -0.15) is 132 Å². The standard InChI is InChI=1S/2C8H3F15O/c2*9-2(10,1-24)3(11,12)4(13,14)5(15,16)6(17,18)7(19,20)8(21,22)23/h2*24H,1H2. The minimum absolute atomic E-state index is 3.34. The lowest BCUT2D eigenvalue weighted by molar-refractivity contribution is -0.453. The molecule has 2 N–H and O–H groups in total. The highest BCUT2D eigenvalue weighted by Crippen LogP contribution is 2.64. The Morgan fingerprint density at radius 1 is 0.208 bits per heavy atom. The van der Waals surface area contributed by atoms with Gasteiger partial charge in [0.05, 0.1) is 0 Å². The van der Waals surface area contributed by atoms with Gasteiger partial charge in [-0.15, -0.1) is 0 Å². The minimum atomic E-state index is -8.30. The Bertz CT molecular complexity index is 1010. The Morgan fingerprint density at radius 2 is 0.333 bits per heavy atom. The minimum Gasteiger partial charge on any atom is -0.390 e. The van der Waals surface area contributed by atoms with Crippen molar-refractivity contribution in [1.82, 2.24) is 0 Å². The molecule has 0 saturated carbocycles. The molecule has 48 heavy (non-hydrogen) atoms. The highest BCUT2D eigenvalue weighted by molar-refractivity contribution is 5.14. The van der Waals surface area contributed by atoms with Gasteiger partial charge in [-0.25, -0.2) is 0 Å². The normalized spacial score (nSPS) is 16.5. The summed E-state index contributed by atoms with van der Waals surface area (Å²) in [4.78, 5) is 0. The van der Waals surface area contributed by atoms with Crippen LogP contribution in [-0.4, -0.2) is 107 Å². The second-order valence-corrected chi connectivity index (χ2v) is 8.46. The summed E-state index contributed by atoms with van der Waals surface area (Å²) in [7, 11) is 0. The van der Waals surface area contributed by atoms with E-state index >= 15 is 0 Å². The van der Waals surface area contributed by atoms with Gasteiger partial charge in [0.25, 0.3) is 0 Å². The number of halogens is 30. The third-order valence-corrected chi connectivity index (χ3v) is 5.18. The molecule has 0 heterocycles. The monoisotopic (exact) mass is 800 g/mol. The van der Waals surface area contributed by atoms with Gasteiger partial charge in [-0.3, -0.25) is 0 Å². The van der Waals surface area contributed by atoms with Gasteiger partial charge in [0.15, 0.2) is 0 Å². The van der Waals surface area contributed by atoms with Gasteiger partial charge in [0.1, 0.15) is 13.2 Å². The van der Waals surface area contributed by atoms with E-state index in [1.165, 1.54) is 0 Å². The van der Waals surface area contributed by atoms with Crippen LogP contribution < -0.4 is 0 Å². The smallest absolute Gasteiger partial charge is 0.390 e. The lowest BCUT2D eigenvalue weighted by Gasteiger charge is -2.41.